The fourth-order valence-electron chi connectivity index (χ4n) is 2.66. The average molecular weight is 259 g/mol. The summed E-state index contributed by atoms with van der Waals surface area (Å²) in [6.07, 6.45) is 0.687. The third-order valence-corrected chi connectivity index (χ3v) is 4.56. The van der Waals surface area contributed by atoms with Gasteiger partial charge in [0.1, 0.15) is 6.10 Å². The second kappa shape index (κ2) is 4.75. The van der Waals surface area contributed by atoms with Crippen LogP contribution in [-0.4, -0.2) is 17.7 Å². The number of hydrogen-bond donors (Lipinski definition) is 1. The highest BCUT2D eigenvalue weighted by atomic mass is 32.1. The molecular formula is C15H17NOS. The maximum atomic E-state index is 10.3. The van der Waals surface area contributed by atoms with Crippen molar-refractivity contribution in [2.24, 2.45) is 0 Å². The molecule has 18 heavy (non-hydrogen) atoms. The number of benzene rings is 1. The van der Waals surface area contributed by atoms with Gasteiger partial charge < -0.3 is 10.0 Å². The van der Waals surface area contributed by atoms with Crippen molar-refractivity contribution < 1.29 is 5.11 Å². The summed E-state index contributed by atoms with van der Waals surface area (Å²) in [6, 6.07) is 13.0. The molecule has 0 spiro atoms. The predicted molar refractivity (Wildman–Crippen MR) is 76.2 cm³/mol. The van der Waals surface area contributed by atoms with Crippen molar-refractivity contribution >= 4 is 17.0 Å². The number of rotatable bonds is 3. The quantitative estimate of drug-likeness (QED) is 0.914. The van der Waals surface area contributed by atoms with Crippen LogP contribution in [0.2, 0.25) is 0 Å². The largest absolute Gasteiger partial charge is 0.386 e. The van der Waals surface area contributed by atoms with Gasteiger partial charge in [0.25, 0.3) is 0 Å². The van der Waals surface area contributed by atoms with E-state index in [0.717, 1.165) is 11.3 Å². The second-order valence-corrected chi connectivity index (χ2v) is 5.84. The Morgan fingerprint density at radius 2 is 2.17 bits per heavy atom. The van der Waals surface area contributed by atoms with Crippen molar-refractivity contribution in [3.8, 4) is 0 Å². The highest BCUT2D eigenvalue weighted by Crippen LogP contribution is 2.33. The maximum absolute atomic E-state index is 10.3. The molecule has 1 aromatic carbocycles. The lowest BCUT2D eigenvalue weighted by molar-refractivity contribution is 0.185. The SMILES string of the molecule is CC1Cc2ccccc2N1CC(O)c1cccs1. The van der Waals surface area contributed by atoms with Gasteiger partial charge >= 0.3 is 0 Å². The summed E-state index contributed by atoms with van der Waals surface area (Å²) in [5.74, 6) is 0. The normalized spacial score (nSPS) is 19.9. The third kappa shape index (κ3) is 2.04. The van der Waals surface area contributed by atoms with Crippen molar-refractivity contribution in [1.82, 2.24) is 0 Å². The molecule has 2 unspecified atom stereocenters. The molecule has 0 saturated heterocycles. The Kier molecular flexibility index (Phi) is 3.10. The predicted octanol–water partition coefficient (Wildman–Crippen LogP) is 3.23. The van der Waals surface area contributed by atoms with Crippen LogP contribution in [0, 0.1) is 0 Å². The molecule has 3 heteroatoms. The smallest absolute Gasteiger partial charge is 0.106 e. The number of anilines is 1. The zero-order valence-electron chi connectivity index (χ0n) is 10.4. The Bertz CT molecular complexity index is 523. The fraction of sp³-hybridized carbons (Fsp3) is 0.333. The standard InChI is InChI=1S/C15H17NOS/c1-11-9-12-5-2-3-6-13(12)16(11)10-14(17)15-7-4-8-18-15/h2-8,11,14,17H,9-10H2,1H3. The van der Waals surface area contributed by atoms with Crippen LogP contribution in [0.3, 0.4) is 0 Å². The van der Waals surface area contributed by atoms with Crippen molar-refractivity contribution in [3.05, 3.63) is 52.2 Å². The summed E-state index contributed by atoms with van der Waals surface area (Å²) >= 11 is 1.62. The zero-order valence-corrected chi connectivity index (χ0v) is 11.2. The molecule has 1 N–H and O–H groups in total. The van der Waals surface area contributed by atoms with Crippen LogP contribution < -0.4 is 4.90 Å². The Morgan fingerprint density at radius 3 is 2.94 bits per heavy atom. The first-order chi connectivity index (χ1) is 8.75. The van der Waals surface area contributed by atoms with E-state index >= 15 is 0 Å². The molecule has 0 bridgehead atoms. The lowest BCUT2D eigenvalue weighted by atomic mass is 10.1. The van der Waals surface area contributed by atoms with Gasteiger partial charge in [0.05, 0.1) is 0 Å². The number of aliphatic hydroxyl groups is 1. The first-order valence-electron chi connectivity index (χ1n) is 6.31. The van der Waals surface area contributed by atoms with Gasteiger partial charge in [0, 0.05) is 23.2 Å². The van der Waals surface area contributed by atoms with Gasteiger partial charge in [0.15, 0.2) is 0 Å². The Hall–Kier alpha value is -1.32. The molecule has 0 saturated carbocycles. The van der Waals surface area contributed by atoms with E-state index in [1.165, 1.54) is 11.3 Å². The van der Waals surface area contributed by atoms with E-state index in [1.54, 1.807) is 11.3 Å². The number of aliphatic hydroxyl groups excluding tert-OH is 1. The van der Waals surface area contributed by atoms with Crippen molar-refractivity contribution in [1.29, 1.82) is 0 Å². The van der Waals surface area contributed by atoms with E-state index in [4.69, 9.17) is 0 Å². The molecule has 3 rings (SSSR count). The molecule has 0 aliphatic carbocycles. The number of para-hydroxylation sites is 1. The molecular weight excluding hydrogens is 242 g/mol. The van der Waals surface area contributed by atoms with Gasteiger partial charge in [0.2, 0.25) is 0 Å². The van der Waals surface area contributed by atoms with Crippen molar-refractivity contribution in [2.75, 3.05) is 11.4 Å². The van der Waals surface area contributed by atoms with Crippen LogP contribution in [0.25, 0.3) is 0 Å². The zero-order chi connectivity index (χ0) is 12.5. The van der Waals surface area contributed by atoms with Crippen LogP contribution in [0.15, 0.2) is 41.8 Å². The number of nitrogens with zero attached hydrogens (tertiary/aromatic N) is 1. The lowest BCUT2D eigenvalue weighted by Crippen LogP contribution is -2.33. The summed E-state index contributed by atoms with van der Waals surface area (Å²) in [7, 11) is 0. The average Bonchev–Trinajstić information content (AvgIpc) is 2.98. The van der Waals surface area contributed by atoms with E-state index in [-0.39, 0.29) is 0 Å². The van der Waals surface area contributed by atoms with Gasteiger partial charge in [-0.3, -0.25) is 0 Å². The van der Waals surface area contributed by atoms with Gasteiger partial charge in [-0.05, 0) is 36.4 Å². The van der Waals surface area contributed by atoms with E-state index in [1.807, 2.05) is 17.5 Å². The molecule has 2 aromatic rings. The maximum Gasteiger partial charge on any atom is 0.106 e. The molecule has 94 valence electrons. The summed E-state index contributed by atoms with van der Waals surface area (Å²) < 4.78 is 0. The highest BCUT2D eigenvalue weighted by Gasteiger charge is 2.27. The minimum atomic E-state index is -0.390. The first-order valence-corrected chi connectivity index (χ1v) is 7.19. The highest BCUT2D eigenvalue weighted by molar-refractivity contribution is 7.10. The molecule has 2 nitrogen and oxygen atoms in total. The first kappa shape index (κ1) is 11.8. The van der Waals surface area contributed by atoms with Gasteiger partial charge in [-0.1, -0.05) is 24.3 Å². The molecule has 0 fully saturated rings. The molecule has 2 heterocycles. The molecule has 0 radical (unpaired) electrons. The van der Waals surface area contributed by atoms with E-state index in [9.17, 15) is 5.11 Å². The summed E-state index contributed by atoms with van der Waals surface area (Å²) in [5.41, 5.74) is 2.67. The van der Waals surface area contributed by atoms with Gasteiger partial charge in [-0.25, -0.2) is 0 Å². The minimum absolute atomic E-state index is 0.390. The molecule has 2 atom stereocenters. The molecule has 1 aliphatic heterocycles. The lowest BCUT2D eigenvalue weighted by Gasteiger charge is -2.27. The number of fused-ring (bicyclic) bond motifs is 1. The monoisotopic (exact) mass is 259 g/mol. The number of hydrogen-bond acceptors (Lipinski definition) is 3. The third-order valence-electron chi connectivity index (χ3n) is 3.59. The molecule has 1 aliphatic rings. The molecule has 0 amide bonds. The van der Waals surface area contributed by atoms with Gasteiger partial charge in [-0.15, -0.1) is 11.3 Å². The van der Waals surface area contributed by atoms with Crippen molar-refractivity contribution in [3.63, 3.8) is 0 Å². The Morgan fingerprint density at radius 1 is 1.33 bits per heavy atom. The van der Waals surface area contributed by atoms with E-state index in [2.05, 4.69) is 36.1 Å². The molecule has 1 aromatic heterocycles. The van der Waals surface area contributed by atoms with Crippen LogP contribution in [-0.2, 0) is 6.42 Å². The van der Waals surface area contributed by atoms with Crippen LogP contribution in [0.5, 0.6) is 0 Å². The minimum Gasteiger partial charge on any atom is -0.386 e. The number of thiophene rings is 1. The number of β-amino-alcohol motifs (C(OH)–C–C–N with tert-alkyl or cyclic N) is 1. The Labute approximate surface area is 112 Å². The second-order valence-electron chi connectivity index (χ2n) is 4.87. The summed E-state index contributed by atoms with van der Waals surface area (Å²) in [6.45, 7) is 2.90. The summed E-state index contributed by atoms with van der Waals surface area (Å²) in [5, 5.41) is 12.3. The van der Waals surface area contributed by atoms with Crippen LogP contribution >= 0.6 is 11.3 Å². The topological polar surface area (TPSA) is 23.5 Å². The van der Waals surface area contributed by atoms with Crippen LogP contribution in [0.1, 0.15) is 23.5 Å². The van der Waals surface area contributed by atoms with Crippen LogP contribution in [0.4, 0.5) is 5.69 Å². The fourth-order valence-corrected chi connectivity index (χ4v) is 3.37. The Balaban J connectivity index is 1.81. The van der Waals surface area contributed by atoms with Gasteiger partial charge in [-0.2, -0.15) is 0 Å². The summed E-state index contributed by atoms with van der Waals surface area (Å²) in [4.78, 5) is 3.37. The van der Waals surface area contributed by atoms with Crippen molar-refractivity contribution in [2.45, 2.75) is 25.5 Å². The van der Waals surface area contributed by atoms with E-state index < -0.39 is 6.10 Å². The van der Waals surface area contributed by atoms with E-state index in [0.29, 0.717) is 12.6 Å².